The molecule has 0 unspecified atom stereocenters. The molecule has 0 saturated carbocycles. The third-order valence-corrected chi connectivity index (χ3v) is 2.09. The number of hydrogen-bond acceptors (Lipinski definition) is 1. The Hall–Kier alpha value is -0.890. The minimum atomic E-state index is -0.366. The van der Waals surface area contributed by atoms with E-state index in [1.807, 2.05) is 0 Å². The predicted octanol–water partition coefficient (Wildman–Crippen LogP) is 3.00. The van der Waals surface area contributed by atoms with Crippen LogP contribution in [-0.2, 0) is 11.2 Å². The van der Waals surface area contributed by atoms with Crippen LogP contribution in [0.3, 0.4) is 0 Å². The lowest BCUT2D eigenvalue weighted by molar-refractivity contribution is -0.107. The summed E-state index contributed by atoms with van der Waals surface area (Å²) in [7, 11) is 0. The van der Waals surface area contributed by atoms with Crippen molar-refractivity contribution in [3.05, 3.63) is 34.6 Å². The van der Waals surface area contributed by atoms with Gasteiger partial charge in [-0.15, -0.1) is 0 Å². The summed E-state index contributed by atoms with van der Waals surface area (Å²) in [5, 5.41) is 0.142. The van der Waals surface area contributed by atoms with Crippen molar-refractivity contribution in [3.8, 4) is 0 Å². The summed E-state index contributed by atoms with van der Waals surface area (Å²) in [4.78, 5) is 10.0. The lowest BCUT2D eigenvalue weighted by Crippen LogP contribution is -1.91. The summed E-state index contributed by atoms with van der Waals surface area (Å²) < 4.78 is 13.2. The van der Waals surface area contributed by atoms with Crippen LogP contribution in [0.2, 0.25) is 5.02 Å². The fourth-order valence-electron chi connectivity index (χ4n) is 1.12. The number of benzene rings is 1. The van der Waals surface area contributed by atoms with Gasteiger partial charge in [-0.3, -0.25) is 0 Å². The first-order valence-corrected chi connectivity index (χ1v) is 4.50. The maximum absolute atomic E-state index is 13.2. The molecule has 1 aromatic rings. The van der Waals surface area contributed by atoms with Crippen molar-refractivity contribution in [3.63, 3.8) is 0 Å². The molecule has 0 N–H and O–H groups in total. The van der Waals surface area contributed by atoms with E-state index in [0.717, 1.165) is 6.29 Å². The molecule has 0 amide bonds. The average Bonchev–Trinajstić information content (AvgIpc) is 2.13. The highest BCUT2D eigenvalue weighted by Gasteiger charge is 2.04. The molecule has 0 aliphatic heterocycles. The number of aryl methyl sites for hydroxylation is 1. The highest BCUT2D eigenvalue weighted by molar-refractivity contribution is 6.30. The smallest absolute Gasteiger partial charge is 0.144 e. The van der Waals surface area contributed by atoms with Gasteiger partial charge >= 0.3 is 0 Å². The van der Waals surface area contributed by atoms with E-state index in [1.54, 1.807) is 12.1 Å². The monoisotopic (exact) mass is 200 g/mol. The van der Waals surface area contributed by atoms with Crippen molar-refractivity contribution in [2.45, 2.75) is 19.3 Å². The van der Waals surface area contributed by atoms with Crippen LogP contribution in [-0.4, -0.2) is 6.29 Å². The van der Waals surface area contributed by atoms with Crippen LogP contribution in [0.25, 0.3) is 0 Å². The second-order valence-corrected chi connectivity index (χ2v) is 3.18. The predicted molar refractivity (Wildman–Crippen MR) is 50.4 cm³/mol. The van der Waals surface area contributed by atoms with Crippen molar-refractivity contribution in [1.82, 2.24) is 0 Å². The van der Waals surface area contributed by atoms with Gasteiger partial charge in [-0.2, -0.15) is 0 Å². The van der Waals surface area contributed by atoms with Crippen molar-refractivity contribution in [2.75, 3.05) is 0 Å². The molecule has 0 bridgehead atoms. The molecule has 3 heteroatoms. The van der Waals surface area contributed by atoms with Crippen LogP contribution in [0.4, 0.5) is 4.39 Å². The highest BCUT2D eigenvalue weighted by Crippen LogP contribution is 2.19. The van der Waals surface area contributed by atoms with Crippen molar-refractivity contribution >= 4 is 17.9 Å². The van der Waals surface area contributed by atoms with Crippen molar-refractivity contribution in [1.29, 1.82) is 0 Å². The normalized spacial score (nSPS) is 10.0. The Morgan fingerprint density at radius 2 is 2.23 bits per heavy atom. The molecule has 1 nitrogen and oxygen atoms in total. The molecule has 0 atom stereocenters. The first-order chi connectivity index (χ1) is 6.25. The van der Waals surface area contributed by atoms with E-state index in [2.05, 4.69) is 0 Å². The molecule has 1 rings (SSSR count). The molecule has 0 aromatic heterocycles. The summed E-state index contributed by atoms with van der Waals surface area (Å²) in [6.45, 7) is 0. The van der Waals surface area contributed by atoms with Gasteiger partial charge in [0.1, 0.15) is 12.1 Å². The summed E-state index contributed by atoms with van der Waals surface area (Å²) in [6.07, 6.45) is 2.53. The Morgan fingerprint density at radius 1 is 1.46 bits per heavy atom. The fourth-order valence-corrected chi connectivity index (χ4v) is 1.31. The number of aldehydes is 1. The van der Waals surface area contributed by atoms with Gasteiger partial charge in [-0.05, 0) is 24.5 Å². The van der Waals surface area contributed by atoms with E-state index in [9.17, 15) is 9.18 Å². The zero-order valence-corrected chi connectivity index (χ0v) is 7.85. The van der Waals surface area contributed by atoms with Gasteiger partial charge in [0.15, 0.2) is 0 Å². The average molecular weight is 201 g/mol. The van der Waals surface area contributed by atoms with Crippen LogP contribution < -0.4 is 0 Å². The van der Waals surface area contributed by atoms with Gasteiger partial charge < -0.3 is 4.79 Å². The van der Waals surface area contributed by atoms with Crippen LogP contribution >= 0.6 is 11.6 Å². The SMILES string of the molecule is O=CCCCc1cccc(Cl)c1F. The molecule has 0 radical (unpaired) electrons. The summed E-state index contributed by atoms with van der Waals surface area (Å²) >= 11 is 5.58. The number of carbonyl (C=O) groups excluding carboxylic acids is 1. The fraction of sp³-hybridized carbons (Fsp3) is 0.300. The van der Waals surface area contributed by atoms with E-state index in [1.165, 1.54) is 6.07 Å². The molecule has 70 valence electrons. The number of hydrogen-bond donors (Lipinski definition) is 0. The first-order valence-electron chi connectivity index (χ1n) is 4.12. The van der Waals surface area contributed by atoms with E-state index in [-0.39, 0.29) is 10.8 Å². The zero-order valence-electron chi connectivity index (χ0n) is 7.09. The summed E-state index contributed by atoms with van der Waals surface area (Å²) in [6, 6.07) is 4.91. The van der Waals surface area contributed by atoms with E-state index in [4.69, 9.17) is 11.6 Å². The van der Waals surface area contributed by atoms with E-state index >= 15 is 0 Å². The topological polar surface area (TPSA) is 17.1 Å². The van der Waals surface area contributed by atoms with Gasteiger partial charge in [0.05, 0.1) is 5.02 Å². The van der Waals surface area contributed by atoms with Gasteiger partial charge in [-0.1, -0.05) is 23.7 Å². The molecular weight excluding hydrogens is 191 g/mol. The Labute approximate surface area is 81.5 Å². The lowest BCUT2D eigenvalue weighted by atomic mass is 10.1. The Kier molecular flexibility index (Phi) is 3.90. The standard InChI is InChI=1S/C10H10ClFO/c11-9-6-3-5-8(10(9)12)4-1-2-7-13/h3,5-7H,1-2,4H2. The molecule has 0 aliphatic carbocycles. The quantitative estimate of drug-likeness (QED) is 0.540. The summed E-state index contributed by atoms with van der Waals surface area (Å²) in [5.41, 5.74) is 0.578. The van der Waals surface area contributed by atoms with Crippen LogP contribution in [0.5, 0.6) is 0 Å². The lowest BCUT2D eigenvalue weighted by Gasteiger charge is -2.02. The van der Waals surface area contributed by atoms with Gasteiger partial charge in [-0.25, -0.2) is 4.39 Å². The van der Waals surface area contributed by atoms with Crippen LogP contribution in [0.15, 0.2) is 18.2 Å². The highest BCUT2D eigenvalue weighted by atomic mass is 35.5. The number of unbranched alkanes of at least 4 members (excludes halogenated alkanes) is 1. The van der Waals surface area contributed by atoms with E-state index < -0.39 is 0 Å². The largest absolute Gasteiger partial charge is 0.303 e. The van der Waals surface area contributed by atoms with Crippen LogP contribution in [0, 0.1) is 5.82 Å². The third kappa shape index (κ3) is 2.81. The number of carbonyl (C=O) groups is 1. The minimum Gasteiger partial charge on any atom is -0.303 e. The Balaban J connectivity index is 2.65. The number of halogens is 2. The summed E-state index contributed by atoms with van der Waals surface area (Å²) in [5.74, 6) is -0.366. The molecular formula is C10H10ClFO. The molecule has 0 fully saturated rings. The first kappa shape index (κ1) is 10.2. The molecule has 1 aromatic carbocycles. The van der Waals surface area contributed by atoms with Crippen molar-refractivity contribution < 1.29 is 9.18 Å². The molecule has 13 heavy (non-hydrogen) atoms. The second-order valence-electron chi connectivity index (χ2n) is 2.77. The molecule has 0 saturated heterocycles. The third-order valence-electron chi connectivity index (χ3n) is 1.80. The maximum Gasteiger partial charge on any atom is 0.144 e. The molecule has 0 aliphatic rings. The van der Waals surface area contributed by atoms with Crippen LogP contribution in [0.1, 0.15) is 18.4 Å². The van der Waals surface area contributed by atoms with E-state index in [0.29, 0.717) is 24.8 Å². The molecule has 0 spiro atoms. The Morgan fingerprint density at radius 3 is 2.92 bits per heavy atom. The number of rotatable bonds is 4. The second kappa shape index (κ2) is 4.97. The van der Waals surface area contributed by atoms with Crippen molar-refractivity contribution in [2.24, 2.45) is 0 Å². The zero-order chi connectivity index (χ0) is 9.68. The molecule has 0 heterocycles. The Bertz CT molecular complexity index is 299. The van der Waals surface area contributed by atoms with Gasteiger partial charge in [0.2, 0.25) is 0 Å². The minimum absolute atomic E-state index is 0.142. The van der Waals surface area contributed by atoms with Gasteiger partial charge in [0.25, 0.3) is 0 Å². The maximum atomic E-state index is 13.2. The van der Waals surface area contributed by atoms with Gasteiger partial charge in [0, 0.05) is 6.42 Å².